The third kappa shape index (κ3) is 4.52. The molecule has 1 aromatic heterocycles. The zero-order valence-corrected chi connectivity index (χ0v) is 23.3. The highest BCUT2D eigenvalue weighted by Crippen LogP contribution is 2.55. The van der Waals surface area contributed by atoms with Gasteiger partial charge in [-0.25, -0.2) is 0 Å². The average Bonchev–Trinajstić information content (AvgIpc) is 3.48. The van der Waals surface area contributed by atoms with Gasteiger partial charge in [0.1, 0.15) is 11.0 Å². The zero-order chi connectivity index (χ0) is 25.1. The zero-order valence-electron chi connectivity index (χ0n) is 22.5. The molecule has 188 valence electrons. The van der Waals surface area contributed by atoms with Crippen LogP contribution >= 0.6 is 11.7 Å². The summed E-state index contributed by atoms with van der Waals surface area (Å²) in [6.07, 6.45) is 13.0. The maximum atomic E-state index is 4.71. The first kappa shape index (κ1) is 25.1. The van der Waals surface area contributed by atoms with Crippen LogP contribution in [0.1, 0.15) is 100 Å². The van der Waals surface area contributed by atoms with Gasteiger partial charge in [0.05, 0.1) is 11.7 Å². The van der Waals surface area contributed by atoms with Crippen LogP contribution in [0.2, 0.25) is 0 Å². The molecule has 0 saturated carbocycles. The number of unbranched alkanes of at least 4 members (excludes halogenated alkanes) is 6. The standard InChI is InChI=1S/C33H40N2S/c1-5-7-9-11-19-33(20-12-10-8-6-2)29-21-23(3)13-16-27(29)28-18-15-25(22-30(28)33)26-17-14-24(4)31-32(26)35-36-34-31/h13-18,21-22H,5-12,19-20H2,1-4H3. The molecule has 3 heteroatoms. The monoisotopic (exact) mass is 496 g/mol. The van der Waals surface area contributed by atoms with Gasteiger partial charge in [-0.2, -0.15) is 8.75 Å². The van der Waals surface area contributed by atoms with E-state index in [1.807, 2.05) is 0 Å². The lowest BCUT2D eigenvalue weighted by molar-refractivity contribution is 0.401. The van der Waals surface area contributed by atoms with E-state index < -0.39 is 0 Å². The molecule has 0 N–H and O–H groups in total. The third-order valence-electron chi connectivity index (χ3n) is 8.36. The molecular formula is C33H40N2S. The van der Waals surface area contributed by atoms with Gasteiger partial charge in [-0.15, -0.1) is 0 Å². The van der Waals surface area contributed by atoms with Crippen LogP contribution in [0.15, 0.2) is 48.5 Å². The normalized spacial score (nSPS) is 13.8. The maximum Gasteiger partial charge on any atom is 0.112 e. The van der Waals surface area contributed by atoms with Crippen molar-refractivity contribution in [3.8, 4) is 22.3 Å². The third-order valence-corrected chi connectivity index (χ3v) is 8.89. The second kappa shape index (κ2) is 10.8. The molecule has 5 rings (SSSR count). The predicted molar refractivity (Wildman–Crippen MR) is 156 cm³/mol. The Morgan fingerprint density at radius 1 is 0.639 bits per heavy atom. The molecule has 1 aliphatic rings. The number of benzene rings is 3. The van der Waals surface area contributed by atoms with Crippen molar-refractivity contribution in [1.29, 1.82) is 0 Å². The Labute approximate surface area is 221 Å². The molecule has 0 bridgehead atoms. The Balaban J connectivity index is 1.65. The summed E-state index contributed by atoms with van der Waals surface area (Å²) < 4.78 is 9.30. The lowest BCUT2D eigenvalue weighted by atomic mass is 9.70. The number of hydrogen-bond donors (Lipinski definition) is 0. The highest BCUT2D eigenvalue weighted by Gasteiger charge is 2.42. The number of fused-ring (bicyclic) bond motifs is 4. The fourth-order valence-electron chi connectivity index (χ4n) is 6.37. The largest absolute Gasteiger partial charge is 0.173 e. The maximum absolute atomic E-state index is 4.71. The first-order chi connectivity index (χ1) is 17.6. The smallest absolute Gasteiger partial charge is 0.112 e. The van der Waals surface area contributed by atoms with Gasteiger partial charge in [-0.1, -0.05) is 113 Å². The summed E-state index contributed by atoms with van der Waals surface area (Å²) >= 11 is 1.32. The fourth-order valence-corrected chi connectivity index (χ4v) is 6.99. The summed E-state index contributed by atoms with van der Waals surface area (Å²) in [4.78, 5) is 0. The molecule has 0 unspecified atom stereocenters. The van der Waals surface area contributed by atoms with Crippen molar-refractivity contribution >= 4 is 22.8 Å². The Hall–Kier alpha value is -2.52. The number of rotatable bonds is 11. The number of aromatic nitrogens is 2. The van der Waals surface area contributed by atoms with Crippen LogP contribution in [0.3, 0.4) is 0 Å². The molecule has 0 radical (unpaired) electrons. The minimum Gasteiger partial charge on any atom is -0.173 e. The number of nitrogens with zero attached hydrogens (tertiary/aromatic N) is 2. The summed E-state index contributed by atoms with van der Waals surface area (Å²) in [6, 6.07) is 18.9. The van der Waals surface area contributed by atoms with Crippen molar-refractivity contribution in [2.45, 2.75) is 97.3 Å². The number of hydrogen-bond acceptors (Lipinski definition) is 3. The van der Waals surface area contributed by atoms with Crippen molar-refractivity contribution in [3.05, 3.63) is 70.8 Å². The quantitative estimate of drug-likeness (QED) is 0.193. The molecule has 0 fully saturated rings. The van der Waals surface area contributed by atoms with Crippen LogP contribution in [0.25, 0.3) is 33.3 Å². The van der Waals surface area contributed by atoms with E-state index in [1.54, 1.807) is 11.1 Å². The van der Waals surface area contributed by atoms with Gasteiger partial charge in [-0.05, 0) is 66.1 Å². The molecule has 3 aromatic carbocycles. The van der Waals surface area contributed by atoms with E-state index in [2.05, 4.69) is 80.6 Å². The first-order valence-electron chi connectivity index (χ1n) is 14.1. The highest BCUT2D eigenvalue weighted by atomic mass is 32.1. The van der Waals surface area contributed by atoms with Crippen molar-refractivity contribution in [3.63, 3.8) is 0 Å². The van der Waals surface area contributed by atoms with E-state index in [4.69, 9.17) is 4.37 Å². The van der Waals surface area contributed by atoms with Crippen molar-refractivity contribution in [2.24, 2.45) is 0 Å². The summed E-state index contributed by atoms with van der Waals surface area (Å²) in [5.41, 5.74) is 13.3. The van der Waals surface area contributed by atoms with Gasteiger partial charge in [0, 0.05) is 11.0 Å². The van der Waals surface area contributed by atoms with Crippen LogP contribution in [0.4, 0.5) is 0 Å². The predicted octanol–water partition coefficient (Wildman–Crippen LogP) is 10.2. The van der Waals surface area contributed by atoms with Gasteiger partial charge in [0.15, 0.2) is 0 Å². The second-order valence-corrected chi connectivity index (χ2v) is 11.4. The topological polar surface area (TPSA) is 25.8 Å². The summed E-state index contributed by atoms with van der Waals surface area (Å²) in [5, 5.41) is 0. The molecular weight excluding hydrogens is 456 g/mol. The Bertz CT molecular complexity index is 1340. The van der Waals surface area contributed by atoms with Gasteiger partial charge in [0.2, 0.25) is 0 Å². The Morgan fingerprint density at radius 2 is 1.25 bits per heavy atom. The van der Waals surface area contributed by atoms with E-state index in [-0.39, 0.29) is 5.41 Å². The summed E-state index contributed by atoms with van der Waals surface area (Å²) in [6.45, 7) is 9.01. The van der Waals surface area contributed by atoms with Gasteiger partial charge >= 0.3 is 0 Å². The lowest BCUT2D eigenvalue weighted by Crippen LogP contribution is -2.25. The molecule has 0 amide bonds. The van der Waals surface area contributed by atoms with E-state index >= 15 is 0 Å². The Kier molecular flexibility index (Phi) is 7.57. The molecule has 2 nitrogen and oxygen atoms in total. The van der Waals surface area contributed by atoms with Crippen molar-refractivity contribution in [1.82, 2.24) is 8.75 Å². The van der Waals surface area contributed by atoms with E-state index in [1.165, 1.54) is 109 Å². The van der Waals surface area contributed by atoms with Crippen LogP contribution in [0, 0.1) is 13.8 Å². The highest BCUT2D eigenvalue weighted by molar-refractivity contribution is 7.00. The molecule has 36 heavy (non-hydrogen) atoms. The van der Waals surface area contributed by atoms with Crippen LogP contribution in [-0.2, 0) is 5.41 Å². The molecule has 4 aromatic rings. The molecule has 1 aliphatic carbocycles. The lowest BCUT2D eigenvalue weighted by Gasteiger charge is -2.33. The molecule has 0 atom stereocenters. The van der Waals surface area contributed by atoms with E-state index in [0.29, 0.717) is 0 Å². The first-order valence-corrected chi connectivity index (χ1v) is 14.8. The minimum absolute atomic E-state index is 0.109. The van der Waals surface area contributed by atoms with Crippen molar-refractivity contribution < 1.29 is 0 Å². The average molecular weight is 497 g/mol. The van der Waals surface area contributed by atoms with Gasteiger partial charge < -0.3 is 0 Å². The SMILES string of the molecule is CCCCCCC1(CCCCCC)c2cc(C)ccc2-c2ccc(-c3ccc(C)c4nsnc34)cc21. The summed E-state index contributed by atoms with van der Waals surface area (Å²) in [5.74, 6) is 0. The van der Waals surface area contributed by atoms with Gasteiger partial charge in [-0.3, -0.25) is 0 Å². The van der Waals surface area contributed by atoms with E-state index in [9.17, 15) is 0 Å². The van der Waals surface area contributed by atoms with Crippen LogP contribution in [0.5, 0.6) is 0 Å². The van der Waals surface area contributed by atoms with Crippen LogP contribution in [-0.4, -0.2) is 8.75 Å². The van der Waals surface area contributed by atoms with Crippen molar-refractivity contribution in [2.75, 3.05) is 0 Å². The van der Waals surface area contributed by atoms with Gasteiger partial charge in [0.25, 0.3) is 0 Å². The van der Waals surface area contributed by atoms with Crippen LogP contribution < -0.4 is 0 Å². The minimum atomic E-state index is 0.109. The Morgan fingerprint density at radius 3 is 1.94 bits per heavy atom. The fraction of sp³-hybridized carbons (Fsp3) is 0.455. The second-order valence-electron chi connectivity index (χ2n) is 10.9. The number of aryl methyl sites for hydroxylation is 2. The molecule has 0 aliphatic heterocycles. The van der Waals surface area contributed by atoms with E-state index in [0.717, 1.165) is 11.0 Å². The summed E-state index contributed by atoms with van der Waals surface area (Å²) in [7, 11) is 0. The molecule has 0 saturated heterocycles. The molecule has 1 heterocycles. The molecule has 0 spiro atoms.